The number of piperidine rings is 1. The summed E-state index contributed by atoms with van der Waals surface area (Å²) >= 11 is 6.30. The van der Waals surface area contributed by atoms with Crippen LogP contribution in [0.15, 0.2) is 30.7 Å². The average Bonchev–Trinajstić information content (AvgIpc) is 3.15. The fourth-order valence-corrected chi connectivity index (χ4v) is 4.78. The molecule has 1 fully saturated rings. The van der Waals surface area contributed by atoms with Gasteiger partial charge in [0.25, 0.3) is 0 Å². The van der Waals surface area contributed by atoms with E-state index in [0.717, 1.165) is 29.9 Å². The number of ether oxygens (including phenoxy) is 1. The Morgan fingerprint density at radius 2 is 2.00 bits per heavy atom. The molecule has 0 N–H and O–H groups in total. The van der Waals surface area contributed by atoms with Crippen molar-refractivity contribution in [3.05, 3.63) is 58.8 Å². The van der Waals surface area contributed by atoms with Crippen LogP contribution < -0.4 is 4.90 Å². The lowest BCUT2D eigenvalue weighted by molar-refractivity contribution is 0.0718. The Kier molecular flexibility index (Phi) is 6.07. The molecule has 2 aliphatic heterocycles. The molecule has 3 aromatic rings. The van der Waals surface area contributed by atoms with Crippen LogP contribution >= 0.6 is 11.6 Å². The molecule has 0 radical (unpaired) electrons. The molecule has 4 heterocycles. The second-order valence-electron chi connectivity index (χ2n) is 8.83. The first kappa shape index (κ1) is 22.5. The Morgan fingerprint density at radius 3 is 2.74 bits per heavy atom. The molecule has 0 aliphatic carbocycles. The summed E-state index contributed by atoms with van der Waals surface area (Å²) in [5, 5.41) is 9.58. The van der Waals surface area contributed by atoms with E-state index >= 15 is 0 Å². The summed E-state index contributed by atoms with van der Waals surface area (Å²) in [6, 6.07) is 5.64. The average molecular weight is 486 g/mol. The monoisotopic (exact) mass is 485 g/mol. The number of anilines is 1. The predicted molar refractivity (Wildman–Crippen MR) is 123 cm³/mol. The van der Waals surface area contributed by atoms with E-state index in [0.29, 0.717) is 36.3 Å². The van der Waals surface area contributed by atoms with Gasteiger partial charge in [0, 0.05) is 24.0 Å². The first-order chi connectivity index (χ1) is 16.4. The van der Waals surface area contributed by atoms with Crippen LogP contribution in [0.2, 0.25) is 5.02 Å². The lowest BCUT2D eigenvalue weighted by atomic mass is 9.95. The number of benzene rings is 1. The molecule has 0 saturated carbocycles. The van der Waals surface area contributed by atoms with Gasteiger partial charge in [0.15, 0.2) is 17.5 Å². The van der Waals surface area contributed by atoms with Gasteiger partial charge in [-0.25, -0.2) is 19.2 Å². The SMILES string of the molecule is CC(C)OC(=O)N1Cc2cc(Cl)ccc2-n2c(nnc2C2CCN(c3ncncc3F)CC2)C1. The molecule has 0 atom stereocenters. The Morgan fingerprint density at radius 1 is 1.21 bits per heavy atom. The maximum Gasteiger partial charge on any atom is 0.410 e. The third-order valence-corrected chi connectivity index (χ3v) is 6.37. The Bertz CT molecular complexity index is 1210. The molecule has 2 aromatic heterocycles. The van der Waals surface area contributed by atoms with Crippen LogP contribution in [-0.2, 0) is 17.8 Å². The minimum atomic E-state index is -0.420. The molecule has 5 rings (SSSR count). The van der Waals surface area contributed by atoms with Crippen molar-refractivity contribution in [1.29, 1.82) is 0 Å². The Hall–Kier alpha value is -3.27. The van der Waals surface area contributed by atoms with Crippen molar-refractivity contribution >= 4 is 23.5 Å². The quantitative estimate of drug-likeness (QED) is 0.551. The molecule has 0 spiro atoms. The van der Waals surface area contributed by atoms with Crippen molar-refractivity contribution in [2.45, 2.75) is 51.8 Å². The maximum atomic E-state index is 14.1. The van der Waals surface area contributed by atoms with Crippen molar-refractivity contribution < 1.29 is 13.9 Å². The van der Waals surface area contributed by atoms with E-state index in [9.17, 15) is 9.18 Å². The summed E-state index contributed by atoms with van der Waals surface area (Å²) < 4.78 is 21.6. The number of fused-ring (bicyclic) bond motifs is 3. The van der Waals surface area contributed by atoms with Gasteiger partial charge < -0.3 is 9.64 Å². The lowest BCUT2D eigenvalue weighted by Gasteiger charge is -2.32. The molecule has 0 bridgehead atoms. The van der Waals surface area contributed by atoms with Crippen LogP contribution in [0, 0.1) is 5.82 Å². The molecule has 178 valence electrons. The zero-order chi connectivity index (χ0) is 23.8. The van der Waals surface area contributed by atoms with E-state index in [2.05, 4.69) is 20.2 Å². The van der Waals surface area contributed by atoms with Crippen molar-refractivity contribution in [3.8, 4) is 5.69 Å². The van der Waals surface area contributed by atoms with Gasteiger partial charge >= 0.3 is 6.09 Å². The van der Waals surface area contributed by atoms with Gasteiger partial charge in [-0.3, -0.25) is 9.47 Å². The Balaban J connectivity index is 1.45. The van der Waals surface area contributed by atoms with Crippen molar-refractivity contribution in [2.24, 2.45) is 0 Å². The first-order valence-corrected chi connectivity index (χ1v) is 11.7. The smallest absolute Gasteiger partial charge is 0.410 e. The topological polar surface area (TPSA) is 89.3 Å². The zero-order valence-electron chi connectivity index (χ0n) is 19.0. The van der Waals surface area contributed by atoms with Gasteiger partial charge in [-0.05, 0) is 50.5 Å². The molecule has 1 saturated heterocycles. The van der Waals surface area contributed by atoms with E-state index in [1.54, 1.807) is 4.90 Å². The third kappa shape index (κ3) is 4.29. The number of hydrogen-bond acceptors (Lipinski definition) is 7. The summed E-state index contributed by atoms with van der Waals surface area (Å²) in [5.74, 6) is 1.53. The number of nitrogens with zero attached hydrogens (tertiary/aromatic N) is 7. The van der Waals surface area contributed by atoms with Crippen LogP contribution in [0.4, 0.5) is 15.0 Å². The van der Waals surface area contributed by atoms with Crippen LogP contribution in [0.25, 0.3) is 5.69 Å². The highest BCUT2D eigenvalue weighted by molar-refractivity contribution is 6.30. The first-order valence-electron chi connectivity index (χ1n) is 11.3. The van der Waals surface area contributed by atoms with Gasteiger partial charge in [-0.2, -0.15) is 0 Å². The minimum absolute atomic E-state index is 0.125. The van der Waals surface area contributed by atoms with E-state index in [1.165, 1.54) is 12.5 Å². The summed E-state index contributed by atoms with van der Waals surface area (Å²) in [5.41, 5.74) is 1.80. The van der Waals surface area contributed by atoms with Gasteiger partial charge in [0.2, 0.25) is 0 Å². The highest BCUT2D eigenvalue weighted by Crippen LogP contribution is 2.34. The summed E-state index contributed by atoms with van der Waals surface area (Å²) in [6.45, 7) is 5.55. The van der Waals surface area contributed by atoms with Crippen molar-refractivity contribution in [1.82, 2.24) is 29.6 Å². The highest BCUT2D eigenvalue weighted by atomic mass is 35.5. The molecule has 34 heavy (non-hydrogen) atoms. The molecule has 2 aliphatic rings. The van der Waals surface area contributed by atoms with Crippen molar-refractivity contribution in [2.75, 3.05) is 18.0 Å². The van der Waals surface area contributed by atoms with Crippen LogP contribution in [0.3, 0.4) is 0 Å². The molecule has 1 amide bonds. The standard InChI is InChI=1S/C23H25ClFN7O2/c1-14(2)34-23(33)31-11-16-9-17(24)3-4-19(16)32-20(12-31)28-29-21(32)15-5-7-30(8-6-15)22-18(25)10-26-13-27-22/h3-4,9-10,13-15H,5-8,11-12H2,1-2H3. The summed E-state index contributed by atoms with van der Waals surface area (Å²) in [6.07, 6.45) is 3.45. The van der Waals surface area contributed by atoms with Gasteiger partial charge in [0.1, 0.15) is 12.2 Å². The van der Waals surface area contributed by atoms with Crippen LogP contribution in [0.1, 0.15) is 49.8 Å². The summed E-state index contributed by atoms with van der Waals surface area (Å²) in [7, 11) is 0. The van der Waals surface area contributed by atoms with Crippen LogP contribution in [0.5, 0.6) is 0 Å². The largest absolute Gasteiger partial charge is 0.447 e. The highest BCUT2D eigenvalue weighted by Gasteiger charge is 2.32. The van der Waals surface area contributed by atoms with E-state index < -0.39 is 11.9 Å². The third-order valence-electron chi connectivity index (χ3n) is 6.13. The lowest BCUT2D eigenvalue weighted by Crippen LogP contribution is -2.35. The number of rotatable bonds is 3. The van der Waals surface area contributed by atoms with E-state index in [-0.39, 0.29) is 18.6 Å². The van der Waals surface area contributed by atoms with E-state index in [4.69, 9.17) is 16.3 Å². The summed E-state index contributed by atoms with van der Waals surface area (Å²) in [4.78, 5) is 24.1. The van der Waals surface area contributed by atoms with Crippen LogP contribution in [-0.4, -0.2) is 54.9 Å². The number of carbonyl (C=O) groups is 1. The fourth-order valence-electron chi connectivity index (χ4n) is 4.58. The molecule has 1 aromatic carbocycles. The number of carbonyl (C=O) groups excluding carboxylic acids is 1. The molecular weight excluding hydrogens is 461 g/mol. The molecule has 0 unspecified atom stereocenters. The number of halogens is 2. The zero-order valence-corrected chi connectivity index (χ0v) is 19.7. The Labute approximate surface area is 201 Å². The number of hydrogen-bond donors (Lipinski definition) is 0. The van der Waals surface area contributed by atoms with Gasteiger partial charge in [-0.1, -0.05) is 11.6 Å². The number of amides is 1. The van der Waals surface area contributed by atoms with Gasteiger partial charge in [-0.15, -0.1) is 10.2 Å². The fraction of sp³-hybridized carbons (Fsp3) is 0.435. The molecular formula is C23H25ClFN7O2. The molecule has 9 nitrogen and oxygen atoms in total. The van der Waals surface area contributed by atoms with E-state index in [1.807, 2.05) is 41.5 Å². The number of aromatic nitrogens is 5. The second-order valence-corrected chi connectivity index (χ2v) is 9.26. The van der Waals surface area contributed by atoms with Gasteiger partial charge in [0.05, 0.1) is 31.1 Å². The predicted octanol–water partition coefficient (Wildman–Crippen LogP) is 4.09. The normalized spacial score (nSPS) is 16.3. The minimum Gasteiger partial charge on any atom is -0.447 e. The molecule has 11 heteroatoms. The second kappa shape index (κ2) is 9.17. The van der Waals surface area contributed by atoms with Crippen molar-refractivity contribution in [3.63, 3.8) is 0 Å². The maximum absolute atomic E-state index is 14.1.